The molecule has 1 aliphatic heterocycles. The number of nitrogens with zero attached hydrogens (tertiary/aromatic N) is 1. The van der Waals surface area contributed by atoms with Crippen LogP contribution in [0.4, 0.5) is 4.39 Å². The Bertz CT molecular complexity index is 738. The number of hydrogen-bond donors (Lipinski definition) is 1. The van der Waals surface area contributed by atoms with E-state index in [0.717, 1.165) is 24.2 Å². The van der Waals surface area contributed by atoms with Gasteiger partial charge in [0.05, 0.1) is 5.60 Å². The van der Waals surface area contributed by atoms with Gasteiger partial charge in [0.1, 0.15) is 11.6 Å². The van der Waals surface area contributed by atoms with Gasteiger partial charge in [0, 0.05) is 37.5 Å². The Morgan fingerprint density at radius 1 is 1.08 bits per heavy atom. The van der Waals surface area contributed by atoms with Crippen LogP contribution in [0.3, 0.4) is 0 Å². The SMILES string of the molecule is O=C(CCN1CCC(O)(c2ccc(Cl)cc2)CC1)Cc1ccc(F)cc1. The highest BCUT2D eigenvalue weighted by Gasteiger charge is 2.33. The number of hydrogen-bond acceptors (Lipinski definition) is 3. The molecule has 0 spiro atoms. The Morgan fingerprint density at radius 2 is 1.69 bits per heavy atom. The molecular weight excluding hydrogens is 353 g/mol. The molecule has 1 saturated heterocycles. The van der Waals surface area contributed by atoms with Gasteiger partial charge >= 0.3 is 0 Å². The molecule has 0 aliphatic carbocycles. The summed E-state index contributed by atoms with van der Waals surface area (Å²) in [5.41, 5.74) is 0.917. The number of carbonyl (C=O) groups excluding carboxylic acids is 1. The third-order valence-electron chi connectivity index (χ3n) is 5.09. The van der Waals surface area contributed by atoms with Crippen LogP contribution in [-0.4, -0.2) is 35.4 Å². The van der Waals surface area contributed by atoms with E-state index in [1.54, 1.807) is 24.3 Å². The third-order valence-corrected chi connectivity index (χ3v) is 5.34. The van der Waals surface area contributed by atoms with Crippen LogP contribution in [0.5, 0.6) is 0 Å². The summed E-state index contributed by atoms with van der Waals surface area (Å²) in [7, 11) is 0. The molecule has 0 radical (unpaired) electrons. The molecule has 0 aromatic heterocycles. The topological polar surface area (TPSA) is 40.5 Å². The highest BCUT2D eigenvalue weighted by molar-refractivity contribution is 6.30. The molecule has 3 rings (SSSR count). The number of benzene rings is 2. The molecule has 0 bridgehead atoms. The molecule has 0 amide bonds. The second-order valence-corrected chi connectivity index (χ2v) is 7.41. The first-order valence-electron chi connectivity index (χ1n) is 8.91. The molecule has 138 valence electrons. The van der Waals surface area contributed by atoms with Crippen molar-refractivity contribution in [1.82, 2.24) is 4.90 Å². The lowest BCUT2D eigenvalue weighted by Crippen LogP contribution is -2.43. The summed E-state index contributed by atoms with van der Waals surface area (Å²) in [6.45, 7) is 2.20. The maximum atomic E-state index is 12.9. The highest BCUT2D eigenvalue weighted by Crippen LogP contribution is 2.33. The summed E-state index contributed by atoms with van der Waals surface area (Å²) >= 11 is 5.92. The summed E-state index contributed by atoms with van der Waals surface area (Å²) in [4.78, 5) is 14.4. The van der Waals surface area contributed by atoms with E-state index in [9.17, 15) is 14.3 Å². The molecule has 26 heavy (non-hydrogen) atoms. The highest BCUT2D eigenvalue weighted by atomic mass is 35.5. The van der Waals surface area contributed by atoms with Crippen molar-refractivity contribution < 1.29 is 14.3 Å². The summed E-state index contributed by atoms with van der Waals surface area (Å²) in [5, 5.41) is 11.5. The van der Waals surface area contributed by atoms with Crippen LogP contribution in [0.2, 0.25) is 5.02 Å². The minimum absolute atomic E-state index is 0.148. The summed E-state index contributed by atoms with van der Waals surface area (Å²) in [6.07, 6.45) is 2.08. The van der Waals surface area contributed by atoms with Crippen LogP contribution in [0.25, 0.3) is 0 Å². The zero-order chi connectivity index (χ0) is 18.6. The lowest BCUT2D eigenvalue weighted by Gasteiger charge is -2.38. The van der Waals surface area contributed by atoms with Crippen LogP contribution in [0.15, 0.2) is 48.5 Å². The van der Waals surface area contributed by atoms with Gasteiger partial charge in [0.15, 0.2) is 0 Å². The van der Waals surface area contributed by atoms with Crippen LogP contribution >= 0.6 is 11.6 Å². The molecular formula is C21H23ClFNO2. The number of Topliss-reactive ketones (excluding diaryl/α,β-unsaturated/α-hetero) is 1. The monoisotopic (exact) mass is 375 g/mol. The van der Waals surface area contributed by atoms with Gasteiger partial charge in [0.25, 0.3) is 0 Å². The van der Waals surface area contributed by atoms with E-state index < -0.39 is 5.60 Å². The van der Waals surface area contributed by atoms with E-state index in [2.05, 4.69) is 4.90 Å². The van der Waals surface area contributed by atoms with Crippen LogP contribution < -0.4 is 0 Å². The Balaban J connectivity index is 1.45. The maximum absolute atomic E-state index is 12.9. The Morgan fingerprint density at radius 3 is 2.31 bits per heavy atom. The number of likely N-dealkylation sites (tertiary alicyclic amines) is 1. The fourth-order valence-corrected chi connectivity index (χ4v) is 3.52. The predicted molar refractivity (Wildman–Crippen MR) is 101 cm³/mol. The van der Waals surface area contributed by atoms with Crippen molar-refractivity contribution >= 4 is 17.4 Å². The summed E-state index contributed by atoms with van der Waals surface area (Å²) in [5.74, 6) is -0.141. The van der Waals surface area contributed by atoms with E-state index in [-0.39, 0.29) is 11.6 Å². The van der Waals surface area contributed by atoms with Gasteiger partial charge < -0.3 is 10.0 Å². The molecule has 0 saturated carbocycles. The molecule has 1 fully saturated rings. The van der Waals surface area contributed by atoms with Gasteiger partial charge in [-0.05, 0) is 48.2 Å². The van der Waals surface area contributed by atoms with Crippen LogP contribution in [0.1, 0.15) is 30.4 Å². The van der Waals surface area contributed by atoms with E-state index in [1.807, 2.05) is 12.1 Å². The second kappa shape index (κ2) is 8.30. The summed E-state index contributed by atoms with van der Waals surface area (Å²) in [6, 6.07) is 13.4. The van der Waals surface area contributed by atoms with Crippen molar-refractivity contribution in [1.29, 1.82) is 0 Å². The maximum Gasteiger partial charge on any atom is 0.138 e. The summed E-state index contributed by atoms with van der Waals surface area (Å²) < 4.78 is 12.9. The van der Waals surface area contributed by atoms with E-state index in [4.69, 9.17) is 11.6 Å². The van der Waals surface area contributed by atoms with Crippen molar-refractivity contribution in [2.24, 2.45) is 0 Å². The number of piperidine rings is 1. The van der Waals surface area contributed by atoms with Crippen molar-refractivity contribution in [3.05, 3.63) is 70.5 Å². The molecule has 1 aliphatic rings. The van der Waals surface area contributed by atoms with Gasteiger partial charge in [-0.3, -0.25) is 4.79 Å². The van der Waals surface area contributed by atoms with E-state index >= 15 is 0 Å². The second-order valence-electron chi connectivity index (χ2n) is 6.97. The fourth-order valence-electron chi connectivity index (χ4n) is 3.40. The van der Waals surface area contributed by atoms with Gasteiger partial charge in [-0.15, -0.1) is 0 Å². The fraction of sp³-hybridized carbons (Fsp3) is 0.381. The molecule has 2 aromatic rings. The van der Waals surface area contributed by atoms with Crippen molar-refractivity contribution in [3.8, 4) is 0 Å². The van der Waals surface area contributed by atoms with Crippen molar-refractivity contribution in [2.75, 3.05) is 19.6 Å². The van der Waals surface area contributed by atoms with Gasteiger partial charge in [0.2, 0.25) is 0 Å². The third kappa shape index (κ3) is 4.91. The normalized spacial score (nSPS) is 17.2. The number of ketones is 1. The quantitative estimate of drug-likeness (QED) is 0.830. The predicted octanol–water partition coefficient (Wildman–Crippen LogP) is 3.96. The van der Waals surface area contributed by atoms with Crippen LogP contribution in [0, 0.1) is 5.82 Å². The Kier molecular flexibility index (Phi) is 6.07. The van der Waals surface area contributed by atoms with Gasteiger partial charge in [-0.2, -0.15) is 0 Å². The number of carbonyl (C=O) groups is 1. The minimum atomic E-state index is -0.820. The molecule has 5 heteroatoms. The average molecular weight is 376 g/mol. The van der Waals surface area contributed by atoms with Crippen molar-refractivity contribution in [3.63, 3.8) is 0 Å². The first-order valence-corrected chi connectivity index (χ1v) is 9.29. The lowest BCUT2D eigenvalue weighted by atomic mass is 9.84. The Labute approximate surface area is 158 Å². The molecule has 3 nitrogen and oxygen atoms in total. The van der Waals surface area contributed by atoms with Gasteiger partial charge in [-0.25, -0.2) is 4.39 Å². The first kappa shape index (κ1) is 19.0. The standard InChI is InChI=1S/C21H23ClFNO2/c22-18-5-3-17(4-6-18)21(26)10-13-24(14-11-21)12-9-20(25)15-16-1-7-19(23)8-2-16/h1-8,26H,9-15H2. The van der Waals surface area contributed by atoms with Crippen molar-refractivity contribution in [2.45, 2.75) is 31.3 Å². The zero-order valence-electron chi connectivity index (χ0n) is 14.6. The first-order chi connectivity index (χ1) is 12.4. The van der Waals surface area contributed by atoms with Crippen LogP contribution in [-0.2, 0) is 16.8 Å². The zero-order valence-corrected chi connectivity index (χ0v) is 15.4. The molecule has 0 atom stereocenters. The van der Waals surface area contributed by atoms with Gasteiger partial charge in [-0.1, -0.05) is 35.9 Å². The lowest BCUT2D eigenvalue weighted by molar-refractivity contribution is -0.119. The molecule has 0 unspecified atom stereocenters. The molecule has 1 heterocycles. The smallest absolute Gasteiger partial charge is 0.138 e. The van der Waals surface area contributed by atoms with E-state index in [1.165, 1.54) is 12.1 Å². The molecule has 1 N–H and O–H groups in total. The largest absolute Gasteiger partial charge is 0.385 e. The molecule has 2 aromatic carbocycles. The average Bonchev–Trinajstić information content (AvgIpc) is 2.64. The minimum Gasteiger partial charge on any atom is -0.385 e. The number of aliphatic hydroxyl groups is 1. The Hall–Kier alpha value is -1.75. The van der Waals surface area contributed by atoms with E-state index in [0.29, 0.717) is 37.3 Å². The number of rotatable bonds is 6. The number of halogens is 2.